The molecule has 104 valence electrons. The van der Waals surface area contributed by atoms with E-state index >= 15 is 0 Å². The van der Waals surface area contributed by atoms with Gasteiger partial charge < -0.3 is 10.8 Å². The highest BCUT2D eigenvalue weighted by Gasteiger charge is 2.23. The summed E-state index contributed by atoms with van der Waals surface area (Å²) in [4.78, 5) is 30.9. The molecule has 0 bridgehead atoms. The molecule has 1 aromatic heterocycles. The maximum atomic E-state index is 11.3. The fraction of sp³-hybridized carbons (Fsp3) is 0.500. The molecule has 0 aliphatic heterocycles. The lowest BCUT2D eigenvalue weighted by atomic mass is 10.2. The molecule has 0 aliphatic rings. The summed E-state index contributed by atoms with van der Waals surface area (Å²) < 4.78 is 0. The summed E-state index contributed by atoms with van der Waals surface area (Å²) in [7, 11) is 0. The van der Waals surface area contributed by atoms with Crippen LogP contribution in [0, 0.1) is 6.92 Å². The van der Waals surface area contributed by atoms with Crippen LogP contribution in [0.2, 0.25) is 0 Å². The van der Waals surface area contributed by atoms with E-state index in [9.17, 15) is 14.7 Å². The molecule has 0 aliphatic carbocycles. The highest BCUT2D eigenvalue weighted by molar-refractivity contribution is 8.00. The highest BCUT2D eigenvalue weighted by Crippen LogP contribution is 2.28. The number of carbonyl (C=O) groups is 2. The van der Waals surface area contributed by atoms with Crippen molar-refractivity contribution in [1.82, 2.24) is 9.97 Å². The number of aryl methyl sites for hydroxylation is 2. The molecular formula is C12H17N3O3S. The minimum absolute atomic E-state index is 0.0434. The molecule has 0 spiro atoms. The topological polar surface area (TPSA) is 106 Å². The number of hydrogen-bond donors (Lipinski definition) is 2. The number of aromatic carboxylic acids is 1. The molecule has 0 saturated carbocycles. The Balaban J connectivity index is 3.26. The Hall–Kier alpha value is -1.63. The molecule has 0 aromatic carbocycles. The number of nitrogens with zero attached hydrogens (tertiary/aromatic N) is 2. The van der Waals surface area contributed by atoms with E-state index in [0.717, 1.165) is 11.8 Å². The van der Waals surface area contributed by atoms with Gasteiger partial charge in [0.15, 0.2) is 0 Å². The van der Waals surface area contributed by atoms with Crippen molar-refractivity contribution in [2.75, 3.05) is 0 Å². The SMILES string of the molecule is CCc1nc(C)c(C(=O)O)c(SC(CC)C(N)=O)n1. The van der Waals surface area contributed by atoms with E-state index in [4.69, 9.17) is 5.73 Å². The summed E-state index contributed by atoms with van der Waals surface area (Å²) in [5.74, 6) is -1.01. The minimum Gasteiger partial charge on any atom is -0.478 e. The number of primary amides is 1. The van der Waals surface area contributed by atoms with E-state index in [2.05, 4.69) is 9.97 Å². The van der Waals surface area contributed by atoms with Crippen molar-refractivity contribution in [3.63, 3.8) is 0 Å². The maximum absolute atomic E-state index is 11.3. The number of nitrogens with two attached hydrogens (primary N) is 1. The Morgan fingerprint density at radius 2 is 2.00 bits per heavy atom. The van der Waals surface area contributed by atoms with Gasteiger partial charge >= 0.3 is 5.97 Å². The Bertz CT molecular complexity index is 505. The van der Waals surface area contributed by atoms with Gasteiger partial charge in [-0.05, 0) is 13.3 Å². The lowest BCUT2D eigenvalue weighted by molar-refractivity contribution is -0.117. The molecule has 1 rings (SSSR count). The molecule has 0 saturated heterocycles. The van der Waals surface area contributed by atoms with Crippen molar-refractivity contribution in [3.8, 4) is 0 Å². The van der Waals surface area contributed by atoms with Crippen LogP contribution in [0.1, 0.15) is 42.1 Å². The molecule has 19 heavy (non-hydrogen) atoms. The molecule has 6 nitrogen and oxygen atoms in total. The minimum atomic E-state index is -1.10. The van der Waals surface area contributed by atoms with Crippen molar-refractivity contribution in [1.29, 1.82) is 0 Å². The summed E-state index contributed by atoms with van der Waals surface area (Å²) in [6.45, 7) is 5.33. The third-order valence-electron chi connectivity index (χ3n) is 2.58. The van der Waals surface area contributed by atoms with Crippen LogP contribution in [0.4, 0.5) is 0 Å². The Morgan fingerprint density at radius 1 is 1.37 bits per heavy atom. The van der Waals surface area contributed by atoms with Gasteiger partial charge in [0.1, 0.15) is 16.4 Å². The Morgan fingerprint density at radius 3 is 2.42 bits per heavy atom. The first-order valence-electron chi connectivity index (χ1n) is 5.97. The predicted molar refractivity (Wildman–Crippen MR) is 72.2 cm³/mol. The largest absolute Gasteiger partial charge is 0.478 e. The predicted octanol–water partition coefficient (Wildman–Crippen LogP) is 1.40. The van der Waals surface area contributed by atoms with Gasteiger partial charge in [-0.3, -0.25) is 4.79 Å². The third kappa shape index (κ3) is 3.66. The summed E-state index contributed by atoms with van der Waals surface area (Å²) in [5.41, 5.74) is 5.73. The molecule has 7 heteroatoms. The second kappa shape index (κ2) is 6.51. The first-order chi connectivity index (χ1) is 8.90. The number of carbonyl (C=O) groups excluding carboxylic acids is 1. The van der Waals surface area contributed by atoms with Crippen LogP contribution < -0.4 is 5.73 Å². The summed E-state index contributed by atoms with van der Waals surface area (Å²) in [5, 5.41) is 9.04. The molecule has 0 radical (unpaired) electrons. The normalized spacial score (nSPS) is 12.2. The number of amides is 1. The van der Waals surface area contributed by atoms with Crippen LogP contribution in [0.15, 0.2) is 5.03 Å². The van der Waals surface area contributed by atoms with Gasteiger partial charge in [-0.2, -0.15) is 0 Å². The first kappa shape index (κ1) is 15.4. The molecule has 1 amide bonds. The second-order valence-electron chi connectivity index (χ2n) is 3.98. The van der Waals surface area contributed by atoms with Crippen molar-refractivity contribution in [2.24, 2.45) is 5.73 Å². The van der Waals surface area contributed by atoms with Crippen molar-refractivity contribution >= 4 is 23.6 Å². The third-order valence-corrected chi connectivity index (χ3v) is 3.94. The average molecular weight is 283 g/mol. The van der Waals surface area contributed by atoms with Crippen LogP contribution in [-0.4, -0.2) is 32.2 Å². The van der Waals surface area contributed by atoms with Crippen LogP contribution in [-0.2, 0) is 11.2 Å². The van der Waals surface area contributed by atoms with Crippen LogP contribution in [0.5, 0.6) is 0 Å². The number of carboxylic acid groups (broad SMARTS) is 1. The van der Waals surface area contributed by atoms with Gasteiger partial charge in [0, 0.05) is 6.42 Å². The molecular weight excluding hydrogens is 266 g/mol. The van der Waals surface area contributed by atoms with E-state index < -0.39 is 17.1 Å². The standard InChI is InChI=1S/C12H17N3O3S/c1-4-7(10(13)16)19-11-9(12(17)18)6(3)14-8(5-2)15-11/h7H,4-5H2,1-3H3,(H2,13,16)(H,17,18). The van der Waals surface area contributed by atoms with Crippen molar-refractivity contribution in [3.05, 3.63) is 17.1 Å². The summed E-state index contributed by atoms with van der Waals surface area (Å²) in [6.07, 6.45) is 1.12. The fourth-order valence-corrected chi connectivity index (χ4v) is 2.63. The van der Waals surface area contributed by atoms with Gasteiger partial charge in [0.25, 0.3) is 0 Å². The van der Waals surface area contributed by atoms with Crippen molar-refractivity contribution < 1.29 is 14.7 Å². The molecule has 0 fully saturated rings. The zero-order chi connectivity index (χ0) is 14.6. The van der Waals surface area contributed by atoms with Crippen LogP contribution in [0.25, 0.3) is 0 Å². The monoisotopic (exact) mass is 283 g/mol. The number of rotatable bonds is 6. The van der Waals surface area contributed by atoms with Gasteiger partial charge in [-0.1, -0.05) is 25.6 Å². The quantitative estimate of drug-likeness (QED) is 0.603. The second-order valence-corrected chi connectivity index (χ2v) is 5.17. The van der Waals surface area contributed by atoms with Crippen LogP contribution >= 0.6 is 11.8 Å². The molecule has 1 atom stereocenters. The van der Waals surface area contributed by atoms with Gasteiger partial charge in [-0.25, -0.2) is 14.8 Å². The van der Waals surface area contributed by atoms with Gasteiger partial charge in [0.2, 0.25) is 5.91 Å². The summed E-state index contributed by atoms with van der Waals surface area (Å²) in [6, 6.07) is 0. The van der Waals surface area contributed by atoms with E-state index in [1.165, 1.54) is 0 Å². The molecule has 1 unspecified atom stereocenters. The fourth-order valence-electron chi connectivity index (χ4n) is 1.57. The smallest absolute Gasteiger partial charge is 0.340 e. The molecule has 1 aromatic rings. The number of thioether (sulfide) groups is 1. The molecule has 1 heterocycles. The van der Waals surface area contributed by atoms with E-state index in [0.29, 0.717) is 29.4 Å². The lowest BCUT2D eigenvalue weighted by Gasteiger charge is -2.13. The van der Waals surface area contributed by atoms with E-state index in [-0.39, 0.29) is 5.56 Å². The van der Waals surface area contributed by atoms with E-state index in [1.807, 2.05) is 13.8 Å². The zero-order valence-electron chi connectivity index (χ0n) is 11.1. The van der Waals surface area contributed by atoms with Crippen LogP contribution in [0.3, 0.4) is 0 Å². The number of hydrogen-bond acceptors (Lipinski definition) is 5. The first-order valence-corrected chi connectivity index (χ1v) is 6.85. The highest BCUT2D eigenvalue weighted by atomic mass is 32.2. The number of carboxylic acids is 1. The zero-order valence-corrected chi connectivity index (χ0v) is 12.0. The lowest BCUT2D eigenvalue weighted by Crippen LogP contribution is -2.25. The summed E-state index contributed by atoms with van der Waals surface area (Å²) >= 11 is 1.09. The Labute approximate surface area is 115 Å². The van der Waals surface area contributed by atoms with Crippen molar-refractivity contribution in [2.45, 2.75) is 43.9 Å². The van der Waals surface area contributed by atoms with Gasteiger partial charge in [0.05, 0.1) is 10.9 Å². The Kier molecular flexibility index (Phi) is 5.29. The molecule has 3 N–H and O–H groups in total. The number of aromatic nitrogens is 2. The van der Waals surface area contributed by atoms with E-state index in [1.54, 1.807) is 6.92 Å². The average Bonchev–Trinajstić information content (AvgIpc) is 2.34. The van der Waals surface area contributed by atoms with Gasteiger partial charge in [-0.15, -0.1) is 0 Å². The maximum Gasteiger partial charge on any atom is 0.340 e.